The molecule has 0 aromatic heterocycles. The van der Waals surface area contributed by atoms with Crippen molar-refractivity contribution in [1.29, 1.82) is 0 Å². The molecule has 0 amide bonds. The van der Waals surface area contributed by atoms with Crippen LogP contribution in [0, 0.1) is 56.9 Å². The van der Waals surface area contributed by atoms with Gasteiger partial charge >= 0.3 is 0 Å². The van der Waals surface area contributed by atoms with Crippen molar-refractivity contribution in [3.8, 4) is 0 Å². The maximum absolute atomic E-state index is 9.26. The van der Waals surface area contributed by atoms with E-state index in [0.29, 0.717) is 12.8 Å². The Morgan fingerprint density at radius 3 is 0.685 bits per heavy atom. The average Bonchev–Trinajstić information content (AvgIpc) is 3.06. The summed E-state index contributed by atoms with van der Waals surface area (Å²) in [6.45, 7) is 2.40. The Morgan fingerprint density at radius 2 is 0.500 bits per heavy atom. The minimum atomic E-state index is -0.649. The van der Waals surface area contributed by atoms with E-state index in [2.05, 4.69) is 94.8 Å². The number of aliphatic hydroxyl groups is 8. The van der Waals surface area contributed by atoms with Crippen LogP contribution in [0.15, 0.2) is 0 Å². The topological polar surface area (TPSA) is 254 Å². The fourth-order valence-corrected chi connectivity index (χ4v) is 2.78. The van der Waals surface area contributed by atoms with E-state index < -0.39 is 36.6 Å². The normalized spacial score (nSPS) is 12.1. The zero-order chi connectivity index (χ0) is 39.3. The summed E-state index contributed by atoms with van der Waals surface area (Å²) in [5, 5.41) is 70.3. The van der Waals surface area contributed by atoms with Gasteiger partial charge in [0, 0.05) is 52.9 Å². The molecule has 0 aliphatic heterocycles. The molecule has 0 aliphatic rings. The van der Waals surface area contributed by atoms with Gasteiger partial charge in [-0.05, 0) is 12.8 Å². The van der Waals surface area contributed by atoms with E-state index in [0.717, 1.165) is 12.8 Å². The van der Waals surface area contributed by atoms with Crippen LogP contribution in [0.3, 0.4) is 0 Å². The molecule has 0 aliphatic carbocycles. The van der Waals surface area contributed by atoms with E-state index in [9.17, 15) is 10.2 Å². The van der Waals surface area contributed by atoms with Crippen LogP contribution < -0.4 is 0 Å². The molecule has 318 valence electrons. The molecule has 8 N–H and O–H groups in total. The Morgan fingerprint density at radius 1 is 0.315 bits per heavy atom. The minimum Gasteiger partial charge on any atom is -0.553 e. The van der Waals surface area contributed by atoms with Gasteiger partial charge in [0.05, 0.1) is 76.3 Å². The molecule has 0 heterocycles. The van der Waals surface area contributed by atoms with Gasteiger partial charge < -0.3 is 88.2 Å². The quantitative estimate of drug-likeness (QED) is 0.0335. The maximum Gasteiger partial charge on any atom is 0.0976 e. The second-order valence-electron chi connectivity index (χ2n) is 9.77. The molecule has 0 fully saturated rings. The molecule has 0 aromatic rings. The van der Waals surface area contributed by atoms with Crippen LogP contribution in [0.5, 0.6) is 0 Å². The molecule has 4 unspecified atom stereocenters. The third-order valence-corrected chi connectivity index (χ3v) is 4.90. The Hall–Kier alpha value is -4.72. The summed E-state index contributed by atoms with van der Waals surface area (Å²) < 4.78 is 44.8. The van der Waals surface area contributed by atoms with E-state index in [-0.39, 0.29) is 92.5 Å². The first kappa shape index (κ1) is 70.8. The third-order valence-electron chi connectivity index (χ3n) is 4.90. The molecule has 18 nitrogen and oxygen atoms in total. The largest absolute Gasteiger partial charge is 0.553 e. The molecule has 0 aromatic carbocycles. The van der Waals surface area contributed by atoms with E-state index in [4.69, 9.17) is 40.1 Å². The van der Waals surface area contributed by atoms with E-state index in [1.165, 1.54) is 0 Å². The molecule has 0 saturated heterocycles. The summed E-state index contributed by atoms with van der Waals surface area (Å²) in [7, 11) is 24.8. The predicted molar refractivity (Wildman–Crippen MR) is 181 cm³/mol. The first-order valence-corrected chi connectivity index (χ1v) is 15.4. The van der Waals surface area contributed by atoms with Gasteiger partial charge in [0.1, 0.15) is 0 Å². The van der Waals surface area contributed by atoms with Gasteiger partial charge in [0.25, 0.3) is 0 Å². The second-order valence-corrected chi connectivity index (χ2v) is 9.77. The number of unbranched alkanes of at least 4 members (excludes halogenated alkanes) is 1. The number of hydrogen-bond donors (Lipinski definition) is 8. The van der Waals surface area contributed by atoms with Crippen molar-refractivity contribution in [1.82, 2.24) is 0 Å². The first-order valence-electron chi connectivity index (χ1n) is 15.4. The molecule has 54 heavy (non-hydrogen) atoms. The van der Waals surface area contributed by atoms with Crippen molar-refractivity contribution in [2.24, 2.45) is 0 Å². The first-order chi connectivity index (χ1) is 23.9. The zero-order valence-electron chi connectivity index (χ0n) is 32.3. The molecular weight excluding hydrogens is 1740 g/mol. The number of ether oxygens (including phenoxy) is 10. The number of aliphatic hydroxyl groups excluding tert-OH is 8. The summed E-state index contributed by atoms with van der Waals surface area (Å²) >= 11 is 0. The number of hydrogen-bond acceptors (Lipinski definition) is 18. The molecule has 0 spiro atoms. The summed E-state index contributed by atoms with van der Waals surface area (Å²) in [6, 6.07) is 0. The van der Waals surface area contributed by atoms with Crippen molar-refractivity contribution < 1.29 is 88.2 Å². The molecule has 4 atom stereocenters. The van der Waals surface area contributed by atoms with Gasteiger partial charge in [-0.3, -0.25) is 0 Å². The van der Waals surface area contributed by atoms with Crippen LogP contribution in [0.2, 0.25) is 0 Å². The number of rotatable bonds is 29. The van der Waals surface area contributed by atoms with Gasteiger partial charge in [-0.2, -0.15) is 0 Å². The fourth-order valence-electron chi connectivity index (χ4n) is 2.78. The smallest absolute Gasteiger partial charge is 0.0976 e. The van der Waals surface area contributed by atoms with Crippen LogP contribution >= 0.6 is 0 Å². The van der Waals surface area contributed by atoms with Gasteiger partial charge in [0.15, 0.2) is 0 Å². The SMILES string of the molecule is [CH2-]OCC(O)CCCCC(O)CO[CH2-].[CH2-]OCC(O)COCCO.[CH2-]OCC(O)COCCO.[CH2-]OCC(O)CO[CH2-].[CH2-]OCC(O)CO[CH2-].[Rf].[Rf].[Rf].[Rf]. The van der Waals surface area contributed by atoms with E-state index in [1.54, 1.807) is 0 Å². The third kappa shape index (κ3) is 76.9. The van der Waals surface area contributed by atoms with Gasteiger partial charge in [-0.15, -0.1) is 0 Å². The molecular formula is C32H66O18Rf4-8. The van der Waals surface area contributed by atoms with Crippen LogP contribution in [-0.2, 0) is 47.4 Å². The van der Waals surface area contributed by atoms with Crippen LogP contribution in [0.4, 0.5) is 0 Å². The fraction of sp³-hybridized carbons (Fsp3) is 0.750. The van der Waals surface area contributed by atoms with Crippen molar-refractivity contribution in [3.63, 3.8) is 0 Å². The summed E-state index contributed by atoms with van der Waals surface area (Å²) in [5.74, 6) is 0. The van der Waals surface area contributed by atoms with Crippen LogP contribution in [0.1, 0.15) is 25.7 Å². The predicted octanol–water partition coefficient (Wildman–Crippen LogP) is -0.859. The average molecular weight is 1810 g/mol. The van der Waals surface area contributed by atoms with Crippen molar-refractivity contribution in [2.75, 3.05) is 92.5 Å². The molecule has 0 saturated carbocycles. The van der Waals surface area contributed by atoms with Crippen molar-refractivity contribution in [3.05, 3.63) is 56.9 Å². The Balaban J connectivity index is -0.0000000668. The maximum atomic E-state index is 9.26. The summed E-state index contributed by atoms with van der Waals surface area (Å²) in [5.41, 5.74) is 0. The summed E-state index contributed by atoms with van der Waals surface area (Å²) in [4.78, 5) is 0. The second kappa shape index (κ2) is 63.3. The zero-order valence-corrected chi connectivity index (χ0v) is 57.9. The van der Waals surface area contributed by atoms with Crippen LogP contribution in [-0.4, -0.2) is 170 Å². The summed E-state index contributed by atoms with van der Waals surface area (Å²) in [6.07, 6.45) is -0.344. The minimum absolute atomic E-state index is 0. The molecule has 0 bridgehead atoms. The van der Waals surface area contributed by atoms with Gasteiger partial charge in [-0.25, -0.2) is 56.9 Å². The Kier molecular flexibility index (Phi) is 83.0. The van der Waals surface area contributed by atoms with E-state index >= 15 is 0 Å². The van der Waals surface area contributed by atoms with Crippen molar-refractivity contribution >= 4 is 0 Å². The van der Waals surface area contributed by atoms with Gasteiger partial charge in [0.2, 0.25) is 0 Å². The van der Waals surface area contributed by atoms with E-state index in [1.807, 2.05) is 0 Å². The van der Waals surface area contributed by atoms with Crippen molar-refractivity contribution in [2.45, 2.75) is 62.3 Å². The molecule has 0 rings (SSSR count). The Labute approximate surface area is 300 Å². The van der Waals surface area contributed by atoms with Gasteiger partial charge in [-0.1, -0.05) is 12.8 Å². The monoisotopic (exact) mass is 1810 g/mol. The van der Waals surface area contributed by atoms with Crippen LogP contribution in [0.25, 0.3) is 0 Å². The standard InChI is InChI=1S/C10H20O4.2C6H13O4.2C5H10O3.4Rf/c1-13-7-9(11)5-3-4-6-10(12)8-14-2;2*1-9-4-6(8)5-10-3-2-7;2*1-7-3-5(6)4-8-2;;;;/h9-12H,1-8H2;2*6-8H,1-5H2;2*5-6H,1-4H2;;;;/q-2;2*-1;2*-2;;;;. The molecule has 22 heteroatoms. The Bertz CT molecular complexity index is 518. The molecule has 0 radical (unpaired) electrons.